The monoisotopic (exact) mass is 369 g/mol. The van der Waals surface area contributed by atoms with Crippen molar-refractivity contribution in [2.45, 2.75) is 38.3 Å². The van der Waals surface area contributed by atoms with Crippen molar-refractivity contribution in [2.24, 2.45) is 7.05 Å². The van der Waals surface area contributed by atoms with Crippen LogP contribution in [0.1, 0.15) is 42.1 Å². The summed E-state index contributed by atoms with van der Waals surface area (Å²) in [6.45, 7) is 3.87. The number of ether oxygens (including phenoxy) is 1. The van der Waals surface area contributed by atoms with Crippen molar-refractivity contribution >= 4 is 5.91 Å². The van der Waals surface area contributed by atoms with E-state index in [9.17, 15) is 4.79 Å². The van der Waals surface area contributed by atoms with E-state index in [4.69, 9.17) is 4.74 Å². The van der Waals surface area contributed by atoms with Gasteiger partial charge in [0.1, 0.15) is 0 Å². The van der Waals surface area contributed by atoms with Crippen LogP contribution in [-0.2, 0) is 24.9 Å². The van der Waals surface area contributed by atoms with Crippen molar-refractivity contribution in [3.63, 3.8) is 0 Å². The van der Waals surface area contributed by atoms with Gasteiger partial charge in [0, 0.05) is 51.5 Å². The van der Waals surface area contributed by atoms with Crippen LogP contribution in [-0.4, -0.2) is 57.0 Å². The van der Waals surface area contributed by atoms with Crippen LogP contribution in [0, 0.1) is 0 Å². The number of amides is 1. The van der Waals surface area contributed by atoms with Crippen LogP contribution in [0.2, 0.25) is 0 Å². The fraction of sp³-hybridized carbons (Fsp3) is 0.550. The maximum Gasteiger partial charge on any atom is 0.233 e. The molecule has 27 heavy (non-hydrogen) atoms. The largest absolute Gasteiger partial charge is 0.481 e. The molecule has 2 aromatic rings. The number of likely N-dealkylation sites (tertiary alicyclic amines) is 1. The Morgan fingerprint density at radius 2 is 2.07 bits per heavy atom. The third-order valence-electron chi connectivity index (χ3n) is 5.61. The molecule has 2 aliphatic rings. The van der Waals surface area contributed by atoms with E-state index in [1.165, 1.54) is 6.42 Å². The molecule has 0 bridgehead atoms. The average molecular weight is 369 g/mol. The van der Waals surface area contributed by atoms with Crippen LogP contribution >= 0.6 is 0 Å². The first-order chi connectivity index (χ1) is 13.2. The molecule has 1 amide bonds. The molecule has 1 fully saturated rings. The topological polar surface area (TPSA) is 63.5 Å². The zero-order chi connectivity index (χ0) is 18.8. The van der Waals surface area contributed by atoms with Crippen LogP contribution < -0.4 is 4.74 Å². The highest BCUT2D eigenvalue weighted by Gasteiger charge is 2.36. The molecular weight excluding hydrogens is 342 g/mol. The summed E-state index contributed by atoms with van der Waals surface area (Å²) in [6.07, 6.45) is 6.99. The molecule has 1 atom stereocenters. The van der Waals surface area contributed by atoms with Crippen LogP contribution in [0.15, 0.2) is 24.7 Å². The van der Waals surface area contributed by atoms with E-state index in [0.717, 1.165) is 49.4 Å². The highest BCUT2D eigenvalue weighted by molar-refractivity contribution is 5.84. The molecule has 0 unspecified atom stereocenters. The molecule has 0 aliphatic carbocycles. The Morgan fingerprint density at radius 3 is 2.85 bits per heavy atom. The van der Waals surface area contributed by atoms with Crippen LogP contribution in [0.4, 0.5) is 0 Å². The summed E-state index contributed by atoms with van der Waals surface area (Å²) in [7, 11) is 3.63. The van der Waals surface area contributed by atoms with Gasteiger partial charge in [-0.1, -0.05) is 6.07 Å². The van der Waals surface area contributed by atoms with Crippen LogP contribution in [0.3, 0.4) is 0 Å². The molecule has 0 aromatic carbocycles. The third kappa shape index (κ3) is 3.56. The Bertz CT molecular complexity index is 812. The summed E-state index contributed by atoms with van der Waals surface area (Å²) < 4.78 is 7.41. The van der Waals surface area contributed by atoms with Gasteiger partial charge in [0.25, 0.3) is 0 Å². The molecule has 0 saturated carbocycles. The molecule has 0 spiro atoms. The lowest BCUT2D eigenvalue weighted by Crippen LogP contribution is -2.45. The van der Waals surface area contributed by atoms with Crippen molar-refractivity contribution in [2.75, 3.05) is 26.7 Å². The number of carbonyl (C=O) groups is 1. The average Bonchev–Trinajstić information content (AvgIpc) is 3.09. The molecule has 7 heteroatoms. The maximum atomic E-state index is 13.3. The molecule has 4 heterocycles. The van der Waals surface area contributed by atoms with E-state index in [0.29, 0.717) is 19.0 Å². The number of pyridine rings is 1. The number of nitrogens with zero attached hydrogens (tertiary/aromatic N) is 5. The molecule has 1 saturated heterocycles. The normalized spacial score (nSPS) is 20.4. The van der Waals surface area contributed by atoms with E-state index in [1.807, 2.05) is 35.0 Å². The van der Waals surface area contributed by atoms with Crippen molar-refractivity contribution in [3.05, 3.63) is 41.6 Å². The maximum absolute atomic E-state index is 13.3. The fourth-order valence-corrected chi connectivity index (χ4v) is 4.30. The Kier molecular flexibility index (Phi) is 5.11. The van der Waals surface area contributed by atoms with E-state index >= 15 is 0 Å². The van der Waals surface area contributed by atoms with E-state index in [2.05, 4.69) is 14.9 Å². The first-order valence-electron chi connectivity index (χ1n) is 9.66. The highest BCUT2D eigenvalue weighted by Crippen LogP contribution is 2.31. The van der Waals surface area contributed by atoms with Crippen LogP contribution in [0.25, 0.3) is 0 Å². The van der Waals surface area contributed by atoms with Crippen molar-refractivity contribution in [1.29, 1.82) is 0 Å². The summed E-state index contributed by atoms with van der Waals surface area (Å²) >= 11 is 0. The van der Waals surface area contributed by atoms with Crippen molar-refractivity contribution in [3.8, 4) is 5.88 Å². The lowest BCUT2D eigenvalue weighted by Gasteiger charge is -2.36. The predicted octanol–water partition coefficient (Wildman–Crippen LogP) is 1.94. The minimum absolute atomic E-state index is 0.165. The van der Waals surface area contributed by atoms with Crippen LogP contribution in [0.5, 0.6) is 5.88 Å². The quantitative estimate of drug-likeness (QED) is 0.824. The van der Waals surface area contributed by atoms with E-state index < -0.39 is 0 Å². The Labute approximate surface area is 160 Å². The number of hydrogen-bond donors (Lipinski definition) is 0. The summed E-state index contributed by atoms with van der Waals surface area (Å²) in [4.78, 5) is 26.5. The van der Waals surface area contributed by atoms with Gasteiger partial charge >= 0.3 is 0 Å². The molecule has 7 nitrogen and oxygen atoms in total. The molecular formula is C20H27N5O2. The van der Waals surface area contributed by atoms with Gasteiger partial charge in [-0.15, -0.1) is 0 Å². The number of hydrogen-bond acceptors (Lipinski definition) is 5. The molecule has 144 valence electrons. The van der Waals surface area contributed by atoms with Crippen molar-refractivity contribution < 1.29 is 9.53 Å². The molecule has 0 radical (unpaired) electrons. The number of imidazole rings is 1. The highest BCUT2D eigenvalue weighted by atomic mass is 16.5. The molecule has 2 aliphatic heterocycles. The first kappa shape index (κ1) is 18.0. The SMILES string of the molecule is COc1ncccc1CN1Cc2ncn(C)c2[C@H](C(=O)N2CCCCC2)C1. The second-order valence-electron chi connectivity index (χ2n) is 7.47. The second-order valence-corrected chi connectivity index (χ2v) is 7.47. The fourth-order valence-electron chi connectivity index (χ4n) is 4.30. The summed E-state index contributed by atoms with van der Waals surface area (Å²) in [6, 6.07) is 3.95. The Hall–Kier alpha value is -2.41. The van der Waals surface area contributed by atoms with Gasteiger partial charge < -0.3 is 14.2 Å². The number of piperidine rings is 1. The zero-order valence-corrected chi connectivity index (χ0v) is 16.1. The van der Waals surface area contributed by atoms with Gasteiger partial charge in [-0.05, 0) is 25.3 Å². The molecule has 2 aromatic heterocycles. The number of aromatic nitrogens is 3. The second kappa shape index (κ2) is 7.68. The van der Waals surface area contributed by atoms with Gasteiger partial charge in [-0.3, -0.25) is 9.69 Å². The number of carbonyl (C=O) groups excluding carboxylic acids is 1. The lowest BCUT2D eigenvalue weighted by atomic mass is 9.95. The molecule has 4 rings (SSSR count). The number of aryl methyl sites for hydroxylation is 1. The molecule has 0 N–H and O–H groups in total. The summed E-state index contributed by atoms with van der Waals surface area (Å²) in [5.74, 6) is 0.715. The van der Waals surface area contributed by atoms with Crippen molar-refractivity contribution in [1.82, 2.24) is 24.3 Å². The zero-order valence-electron chi connectivity index (χ0n) is 16.1. The Morgan fingerprint density at radius 1 is 1.26 bits per heavy atom. The van der Waals surface area contributed by atoms with Gasteiger partial charge in [0.2, 0.25) is 11.8 Å². The van der Waals surface area contributed by atoms with E-state index in [1.54, 1.807) is 13.3 Å². The first-order valence-corrected chi connectivity index (χ1v) is 9.66. The Balaban J connectivity index is 1.59. The summed E-state index contributed by atoms with van der Waals surface area (Å²) in [5, 5.41) is 0. The van der Waals surface area contributed by atoms with Gasteiger partial charge in [0.05, 0.1) is 30.7 Å². The van der Waals surface area contributed by atoms with E-state index in [-0.39, 0.29) is 11.8 Å². The third-order valence-corrected chi connectivity index (χ3v) is 5.61. The van der Waals surface area contributed by atoms with Gasteiger partial charge in [-0.2, -0.15) is 0 Å². The lowest BCUT2D eigenvalue weighted by molar-refractivity contribution is -0.134. The summed E-state index contributed by atoms with van der Waals surface area (Å²) in [5.41, 5.74) is 3.10. The van der Waals surface area contributed by atoms with Gasteiger partial charge in [0.15, 0.2) is 0 Å². The predicted molar refractivity (Wildman–Crippen MR) is 101 cm³/mol. The minimum atomic E-state index is -0.165. The minimum Gasteiger partial charge on any atom is -0.481 e. The number of rotatable bonds is 4. The number of methoxy groups -OCH3 is 1. The standard InChI is InChI=1S/C20H27N5O2/c1-23-14-22-17-13-24(11-15-7-6-8-21-19(15)27-2)12-16(18(17)23)20(26)25-9-4-3-5-10-25/h6-8,14,16H,3-5,9-13H2,1-2H3/t16-/m1/s1. The smallest absolute Gasteiger partial charge is 0.233 e. The number of fused-ring (bicyclic) bond motifs is 1. The van der Waals surface area contributed by atoms with Gasteiger partial charge in [-0.25, -0.2) is 9.97 Å².